The van der Waals surface area contributed by atoms with Crippen molar-refractivity contribution < 1.29 is 14.3 Å². The lowest BCUT2D eigenvalue weighted by Gasteiger charge is -2.23. The smallest absolute Gasteiger partial charge is 0.254 e. The number of hydrogen-bond donors (Lipinski definition) is 0. The number of rotatable bonds is 9. The van der Waals surface area contributed by atoms with E-state index in [9.17, 15) is 4.79 Å². The number of nitrogens with zero attached hydrogens (tertiary/aromatic N) is 4. The van der Waals surface area contributed by atoms with Crippen LogP contribution in [0.5, 0.6) is 5.75 Å². The molecule has 1 amide bonds. The fourth-order valence-electron chi connectivity index (χ4n) is 4.13. The summed E-state index contributed by atoms with van der Waals surface area (Å²) in [6, 6.07) is 23.1. The molecule has 0 N–H and O–H groups in total. The molecule has 5 rings (SSSR count). The molecule has 0 bridgehead atoms. The van der Waals surface area contributed by atoms with Gasteiger partial charge in [0.25, 0.3) is 5.91 Å². The predicted molar refractivity (Wildman–Crippen MR) is 132 cm³/mol. The maximum absolute atomic E-state index is 13.6. The lowest BCUT2D eigenvalue weighted by Crippen LogP contribution is -2.30. The number of benzene rings is 2. The van der Waals surface area contributed by atoms with E-state index in [1.54, 1.807) is 17.1 Å². The number of aromatic nitrogens is 3. The average molecular weight is 469 g/mol. The van der Waals surface area contributed by atoms with Crippen LogP contribution in [-0.2, 0) is 17.8 Å². The second-order valence-corrected chi connectivity index (χ2v) is 8.67. The molecular formula is C28H28N4O3. The van der Waals surface area contributed by atoms with Crippen LogP contribution < -0.4 is 4.74 Å². The van der Waals surface area contributed by atoms with Gasteiger partial charge in [0.15, 0.2) is 0 Å². The quantitative estimate of drug-likeness (QED) is 0.361. The standard InChI is InChI=1S/C28H28N4O3/c33-28(24-8-10-26(11-9-24)32-15-4-14-30-32)31(19-25-6-1-2-13-29-25)18-22-5-3-7-27(17-22)35-21-23-12-16-34-20-23/h1-11,13-15,17,23H,12,16,18-21H2. The van der Waals surface area contributed by atoms with Gasteiger partial charge in [0.2, 0.25) is 0 Å². The molecule has 7 nitrogen and oxygen atoms in total. The molecule has 1 aliphatic rings. The van der Waals surface area contributed by atoms with E-state index in [1.165, 1.54) is 0 Å². The van der Waals surface area contributed by atoms with Crippen molar-refractivity contribution in [3.05, 3.63) is 108 Å². The van der Waals surface area contributed by atoms with Crippen molar-refractivity contribution in [3.8, 4) is 11.4 Å². The highest BCUT2D eigenvalue weighted by atomic mass is 16.5. The minimum Gasteiger partial charge on any atom is -0.493 e. The first-order valence-electron chi connectivity index (χ1n) is 11.8. The molecular weight excluding hydrogens is 440 g/mol. The Hall–Kier alpha value is -3.97. The summed E-state index contributed by atoms with van der Waals surface area (Å²) in [5.74, 6) is 1.19. The van der Waals surface area contributed by atoms with Gasteiger partial charge in [0.1, 0.15) is 5.75 Å². The van der Waals surface area contributed by atoms with Gasteiger partial charge in [-0.2, -0.15) is 5.10 Å². The molecule has 4 aromatic rings. The molecule has 1 saturated heterocycles. The zero-order chi connectivity index (χ0) is 23.9. The molecule has 0 radical (unpaired) electrons. The van der Waals surface area contributed by atoms with E-state index in [2.05, 4.69) is 10.1 Å². The number of ether oxygens (including phenoxy) is 2. The van der Waals surface area contributed by atoms with Crippen molar-refractivity contribution >= 4 is 5.91 Å². The Balaban J connectivity index is 1.33. The van der Waals surface area contributed by atoms with Crippen molar-refractivity contribution in [3.63, 3.8) is 0 Å². The number of carbonyl (C=O) groups excluding carboxylic acids is 1. The van der Waals surface area contributed by atoms with Crippen LogP contribution in [-0.4, -0.2) is 45.4 Å². The SMILES string of the molecule is O=C(c1ccc(-n2cccn2)cc1)N(Cc1cccc(OCC2CCOC2)c1)Cc1ccccn1. The Morgan fingerprint density at radius 2 is 1.94 bits per heavy atom. The highest BCUT2D eigenvalue weighted by molar-refractivity contribution is 5.94. The summed E-state index contributed by atoms with van der Waals surface area (Å²) in [5, 5.41) is 4.25. The number of pyridine rings is 1. The Morgan fingerprint density at radius 3 is 2.69 bits per heavy atom. The zero-order valence-corrected chi connectivity index (χ0v) is 19.5. The van der Waals surface area contributed by atoms with E-state index in [0.29, 0.717) is 31.2 Å². The average Bonchev–Trinajstić information content (AvgIpc) is 3.63. The number of carbonyl (C=O) groups is 1. The fraction of sp³-hybridized carbons (Fsp3) is 0.250. The van der Waals surface area contributed by atoms with Gasteiger partial charge in [-0.15, -0.1) is 0 Å². The summed E-state index contributed by atoms with van der Waals surface area (Å²) in [7, 11) is 0. The molecule has 1 fully saturated rings. The van der Waals surface area contributed by atoms with Crippen LogP contribution in [0.3, 0.4) is 0 Å². The molecule has 0 spiro atoms. The molecule has 1 aliphatic heterocycles. The zero-order valence-electron chi connectivity index (χ0n) is 19.5. The maximum atomic E-state index is 13.6. The highest BCUT2D eigenvalue weighted by Gasteiger charge is 2.19. The van der Waals surface area contributed by atoms with Gasteiger partial charge in [-0.3, -0.25) is 9.78 Å². The van der Waals surface area contributed by atoms with Gasteiger partial charge < -0.3 is 14.4 Å². The van der Waals surface area contributed by atoms with Crippen LogP contribution in [0.25, 0.3) is 5.69 Å². The number of hydrogen-bond acceptors (Lipinski definition) is 5. The van der Waals surface area contributed by atoms with Crippen LogP contribution in [0, 0.1) is 5.92 Å². The lowest BCUT2D eigenvalue weighted by molar-refractivity contribution is 0.0727. The Morgan fingerprint density at radius 1 is 1.03 bits per heavy atom. The van der Waals surface area contributed by atoms with E-state index < -0.39 is 0 Å². The summed E-state index contributed by atoms with van der Waals surface area (Å²) < 4.78 is 13.2. The first kappa shape index (κ1) is 22.8. The van der Waals surface area contributed by atoms with Gasteiger partial charge >= 0.3 is 0 Å². The van der Waals surface area contributed by atoms with Gasteiger partial charge in [0, 0.05) is 43.2 Å². The van der Waals surface area contributed by atoms with E-state index in [0.717, 1.165) is 42.3 Å². The maximum Gasteiger partial charge on any atom is 0.254 e. The third-order valence-electron chi connectivity index (χ3n) is 6.03. The molecule has 3 heterocycles. The summed E-state index contributed by atoms with van der Waals surface area (Å²) >= 11 is 0. The van der Waals surface area contributed by atoms with E-state index in [1.807, 2.05) is 83.9 Å². The molecule has 1 atom stereocenters. The number of amides is 1. The topological polar surface area (TPSA) is 69.5 Å². The fourth-order valence-corrected chi connectivity index (χ4v) is 4.13. The van der Waals surface area contributed by atoms with Crippen molar-refractivity contribution in [2.75, 3.05) is 19.8 Å². The van der Waals surface area contributed by atoms with Crippen LogP contribution in [0.4, 0.5) is 0 Å². The molecule has 0 aliphatic carbocycles. The third-order valence-corrected chi connectivity index (χ3v) is 6.03. The molecule has 7 heteroatoms. The normalized spacial score (nSPS) is 15.1. The summed E-state index contributed by atoms with van der Waals surface area (Å²) in [5.41, 5.74) is 3.36. The molecule has 2 aromatic heterocycles. The monoisotopic (exact) mass is 468 g/mol. The van der Waals surface area contributed by atoms with Gasteiger partial charge in [-0.05, 0) is 66.6 Å². The minimum absolute atomic E-state index is 0.0582. The second kappa shape index (κ2) is 11.0. The van der Waals surface area contributed by atoms with Crippen LogP contribution in [0.1, 0.15) is 28.0 Å². The minimum atomic E-state index is -0.0582. The molecule has 0 saturated carbocycles. The molecule has 178 valence electrons. The first-order valence-corrected chi connectivity index (χ1v) is 11.8. The lowest BCUT2D eigenvalue weighted by atomic mass is 10.1. The van der Waals surface area contributed by atoms with Gasteiger partial charge in [0.05, 0.1) is 31.1 Å². The Kier molecular flexibility index (Phi) is 7.15. The van der Waals surface area contributed by atoms with E-state index >= 15 is 0 Å². The van der Waals surface area contributed by atoms with Crippen molar-refractivity contribution in [1.29, 1.82) is 0 Å². The third kappa shape index (κ3) is 5.94. The molecule has 2 aromatic carbocycles. The predicted octanol–water partition coefficient (Wildman–Crippen LogP) is 4.53. The summed E-state index contributed by atoms with van der Waals surface area (Å²) in [6.07, 6.45) is 6.38. The first-order chi connectivity index (χ1) is 17.2. The Bertz CT molecular complexity index is 1220. The van der Waals surface area contributed by atoms with E-state index in [4.69, 9.17) is 9.47 Å². The summed E-state index contributed by atoms with van der Waals surface area (Å²) in [6.45, 7) is 3.06. The molecule has 1 unspecified atom stereocenters. The molecule has 35 heavy (non-hydrogen) atoms. The van der Waals surface area contributed by atoms with Crippen molar-refractivity contribution in [2.24, 2.45) is 5.92 Å². The largest absolute Gasteiger partial charge is 0.493 e. The van der Waals surface area contributed by atoms with Crippen LogP contribution >= 0.6 is 0 Å². The van der Waals surface area contributed by atoms with Crippen molar-refractivity contribution in [2.45, 2.75) is 19.5 Å². The highest BCUT2D eigenvalue weighted by Crippen LogP contribution is 2.21. The second-order valence-electron chi connectivity index (χ2n) is 8.67. The van der Waals surface area contributed by atoms with Crippen LogP contribution in [0.2, 0.25) is 0 Å². The van der Waals surface area contributed by atoms with Crippen LogP contribution in [0.15, 0.2) is 91.4 Å². The van der Waals surface area contributed by atoms with Gasteiger partial charge in [-0.25, -0.2) is 4.68 Å². The van der Waals surface area contributed by atoms with Crippen molar-refractivity contribution in [1.82, 2.24) is 19.7 Å². The summed E-state index contributed by atoms with van der Waals surface area (Å²) in [4.78, 5) is 19.8. The van der Waals surface area contributed by atoms with E-state index in [-0.39, 0.29) is 5.91 Å². The Labute approximate surface area is 204 Å². The van der Waals surface area contributed by atoms with Gasteiger partial charge in [-0.1, -0.05) is 18.2 Å².